The molecule has 3 N–H and O–H groups in total. The number of carbonyl (C=O) groups is 2. The molecular weight excluding hydrogens is 312 g/mol. The average Bonchev–Trinajstić information content (AvgIpc) is 2.65. The lowest BCUT2D eigenvalue weighted by molar-refractivity contribution is -0.130. The summed E-state index contributed by atoms with van der Waals surface area (Å²) in [5.74, 6) is -0.766. The van der Waals surface area contributed by atoms with E-state index in [0.29, 0.717) is 0 Å². The third-order valence-corrected chi connectivity index (χ3v) is 4.96. The van der Waals surface area contributed by atoms with Crippen LogP contribution in [0.15, 0.2) is 60.7 Å². The number of rotatable bonds is 7. The van der Waals surface area contributed by atoms with Crippen LogP contribution in [0.1, 0.15) is 38.3 Å². The second-order valence-electron chi connectivity index (χ2n) is 6.60. The lowest BCUT2D eigenvalue weighted by Gasteiger charge is -2.32. The van der Waals surface area contributed by atoms with Crippen LogP contribution in [0.5, 0.6) is 0 Å². The molecule has 2 aromatic rings. The van der Waals surface area contributed by atoms with Crippen molar-refractivity contribution in [2.75, 3.05) is 0 Å². The van der Waals surface area contributed by atoms with Crippen molar-refractivity contribution in [2.45, 2.75) is 38.6 Å². The quantitative estimate of drug-likeness (QED) is 0.814. The van der Waals surface area contributed by atoms with E-state index in [1.54, 1.807) is 0 Å². The van der Waals surface area contributed by atoms with E-state index in [-0.39, 0.29) is 11.8 Å². The van der Waals surface area contributed by atoms with Crippen LogP contribution >= 0.6 is 0 Å². The Balaban J connectivity index is 2.46. The van der Waals surface area contributed by atoms with Gasteiger partial charge in [-0.25, -0.2) is 0 Å². The van der Waals surface area contributed by atoms with Gasteiger partial charge in [0.05, 0.1) is 5.41 Å². The highest BCUT2D eigenvalue weighted by molar-refractivity contribution is 5.95. The summed E-state index contributed by atoms with van der Waals surface area (Å²) in [5.41, 5.74) is 6.35. The van der Waals surface area contributed by atoms with Crippen LogP contribution in [0.3, 0.4) is 0 Å². The molecule has 0 radical (unpaired) electrons. The molecule has 4 heteroatoms. The summed E-state index contributed by atoms with van der Waals surface area (Å²) in [7, 11) is 0. The average molecular weight is 338 g/mol. The Morgan fingerprint density at radius 1 is 1.00 bits per heavy atom. The van der Waals surface area contributed by atoms with Crippen LogP contribution in [0, 0.1) is 5.92 Å². The highest BCUT2D eigenvalue weighted by Crippen LogP contribution is 2.32. The highest BCUT2D eigenvalue weighted by Gasteiger charge is 2.39. The molecule has 0 heterocycles. The van der Waals surface area contributed by atoms with Crippen molar-refractivity contribution in [1.29, 1.82) is 0 Å². The van der Waals surface area contributed by atoms with Crippen molar-refractivity contribution in [3.05, 3.63) is 71.8 Å². The number of nitrogens with two attached hydrogens (primary N) is 1. The molecule has 0 fully saturated rings. The first-order valence-electron chi connectivity index (χ1n) is 8.62. The van der Waals surface area contributed by atoms with Gasteiger partial charge in [0.15, 0.2) is 0 Å². The van der Waals surface area contributed by atoms with E-state index in [0.717, 1.165) is 17.5 Å². The molecule has 132 valence electrons. The molecule has 0 spiro atoms. The van der Waals surface area contributed by atoms with Gasteiger partial charge in [-0.15, -0.1) is 0 Å². The predicted molar refractivity (Wildman–Crippen MR) is 99.9 cm³/mol. The smallest absolute Gasteiger partial charge is 0.240 e. The summed E-state index contributed by atoms with van der Waals surface area (Å²) >= 11 is 0. The van der Waals surface area contributed by atoms with Crippen molar-refractivity contribution in [3.8, 4) is 0 Å². The Morgan fingerprint density at radius 2 is 1.44 bits per heavy atom. The van der Waals surface area contributed by atoms with E-state index in [4.69, 9.17) is 5.73 Å². The van der Waals surface area contributed by atoms with Crippen LogP contribution < -0.4 is 11.1 Å². The van der Waals surface area contributed by atoms with Crippen molar-refractivity contribution in [3.63, 3.8) is 0 Å². The molecule has 0 saturated carbocycles. The fraction of sp³-hybridized carbons (Fsp3) is 0.333. The van der Waals surface area contributed by atoms with E-state index in [9.17, 15) is 9.59 Å². The van der Waals surface area contributed by atoms with Gasteiger partial charge in [-0.05, 0) is 24.0 Å². The Hall–Kier alpha value is -2.62. The molecule has 0 aliphatic carbocycles. The van der Waals surface area contributed by atoms with Gasteiger partial charge in [0.2, 0.25) is 11.8 Å². The molecular formula is C21H26N2O2. The van der Waals surface area contributed by atoms with E-state index < -0.39 is 17.4 Å². The van der Waals surface area contributed by atoms with Gasteiger partial charge in [-0.1, -0.05) is 80.9 Å². The second kappa shape index (κ2) is 7.97. The van der Waals surface area contributed by atoms with Crippen LogP contribution in [0.25, 0.3) is 0 Å². The Morgan fingerprint density at radius 3 is 1.80 bits per heavy atom. The number of carbonyl (C=O) groups excluding carboxylic acids is 2. The van der Waals surface area contributed by atoms with E-state index >= 15 is 0 Å². The van der Waals surface area contributed by atoms with Crippen LogP contribution in [-0.4, -0.2) is 17.9 Å². The number of amides is 2. The van der Waals surface area contributed by atoms with Crippen molar-refractivity contribution >= 4 is 11.8 Å². The molecule has 2 aromatic carbocycles. The van der Waals surface area contributed by atoms with Gasteiger partial charge in [0.1, 0.15) is 6.04 Å². The van der Waals surface area contributed by atoms with Crippen LogP contribution in [0.2, 0.25) is 0 Å². The normalized spacial score (nSPS) is 13.7. The Kier molecular flexibility index (Phi) is 5.97. The lowest BCUT2D eigenvalue weighted by Crippen LogP contribution is -2.54. The SMILES string of the molecule is CC[C@@H](C)[C@@H](NC(=O)C(C)(c1ccccc1)c1ccccc1)C(N)=O. The molecule has 0 unspecified atom stereocenters. The maximum absolute atomic E-state index is 13.3. The number of nitrogens with one attached hydrogen (secondary N) is 1. The molecule has 0 aliphatic rings. The molecule has 0 aliphatic heterocycles. The summed E-state index contributed by atoms with van der Waals surface area (Å²) in [6.45, 7) is 5.76. The first-order valence-corrected chi connectivity index (χ1v) is 8.62. The largest absolute Gasteiger partial charge is 0.368 e. The van der Waals surface area contributed by atoms with Crippen molar-refractivity contribution in [2.24, 2.45) is 11.7 Å². The Labute approximate surface area is 149 Å². The minimum Gasteiger partial charge on any atom is -0.368 e. The number of benzene rings is 2. The maximum atomic E-state index is 13.3. The van der Waals surface area contributed by atoms with E-state index in [2.05, 4.69) is 5.32 Å². The fourth-order valence-electron chi connectivity index (χ4n) is 2.99. The number of primary amides is 1. The monoisotopic (exact) mass is 338 g/mol. The summed E-state index contributed by atoms with van der Waals surface area (Å²) in [6.07, 6.45) is 0.751. The maximum Gasteiger partial charge on any atom is 0.240 e. The molecule has 4 nitrogen and oxygen atoms in total. The molecule has 2 amide bonds. The van der Waals surface area contributed by atoms with E-state index in [1.807, 2.05) is 81.4 Å². The Bertz CT molecular complexity index is 674. The first kappa shape index (κ1) is 18.7. The zero-order chi connectivity index (χ0) is 18.4. The summed E-state index contributed by atoms with van der Waals surface area (Å²) in [6, 6.07) is 18.5. The third-order valence-electron chi connectivity index (χ3n) is 4.96. The van der Waals surface area contributed by atoms with Gasteiger partial charge in [0.25, 0.3) is 0 Å². The van der Waals surface area contributed by atoms with E-state index in [1.165, 1.54) is 0 Å². The molecule has 2 atom stereocenters. The predicted octanol–water partition coefficient (Wildman–Crippen LogP) is 3.01. The van der Waals surface area contributed by atoms with Gasteiger partial charge in [-0.3, -0.25) is 9.59 Å². The van der Waals surface area contributed by atoms with Crippen molar-refractivity contribution in [1.82, 2.24) is 5.32 Å². The molecule has 0 saturated heterocycles. The van der Waals surface area contributed by atoms with Gasteiger partial charge in [0, 0.05) is 0 Å². The third kappa shape index (κ3) is 3.90. The zero-order valence-electron chi connectivity index (χ0n) is 15.0. The van der Waals surface area contributed by atoms with Crippen molar-refractivity contribution < 1.29 is 9.59 Å². The zero-order valence-corrected chi connectivity index (χ0v) is 15.0. The van der Waals surface area contributed by atoms with Crippen LogP contribution in [0.4, 0.5) is 0 Å². The standard InChI is InChI=1S/C21H26N2O2/c1-4-15(2)18(19(22)24)23-20(25)21(3,16-11-7-5-8-12-16)17-13-9-6-10-14-17/h5-15,18H,4H2,1-3H3,(H2,22,24)(H,23,25)/t15-,18-/m1/s1. The number of hydrogen-bond acceptors (Lipinski definition) is 2. The van der Waals surface area contributed by atoms with Gasteiger partial charge in [-0.2, -0.15) is 0 Å². The minimum atomic E-state index is -0.913. The highest BCUT2D eigenvalue weighted by atomic mass is 16.2. The summed E-state index contributed by atoms with van der Waals surface area (Å²) in [5, 5.41) is 2.89. The summed E-state index contributed by atoms with van der Waals surface area (Å²) < 4.78 is 0. The van der Waals surface area contributed by atoms with Crippen LogP contribution in [-0.2, 0) is 15.0 Å². The number of hydrogen-bond donors (Lipinski definition) is 2. The molecule has 25 heavy (non-hydrogen) atoms. The molecule has 0 aromatic heterocycles. The van der Waals surface area contributed by atoms with Gasteiger partial charge >= 0.3 is 0 Å². The molecule has 2 rings (SSSR count). The summed E-state index contributed by atoms with van der Waals surface area (Å²) in [4.78, 5) is 25.1. The fourth-order valence-corrected chi connectivity index (χ4v) is 2.99. The lowest BCUT2D eigenvalue weighted by atomic mass is 9.75. The molecule has 0 bridgehead atoms. The first-order chi connectivity index (χ1) is 11.9. The minimum absolute atomic E-state index is 0.0303. The second-order valence-corrected chi connectivity index (χ2v) is 6.60. The van der Waals surface area contributed by atoms with Gasteiger partial charge < -0.3 is 11.1 Å². The topological polar surface area (TPSA) is 72.2 Å².